The number of fused-ring (bicyclic) bond motifs is 5. The van der Waals surface area contributed by atoms with Crippen molar-refractivity contribution < 1.29 is 23.6 Å². The number of likely N-dealkylation sites (tertiary alicyclic amines) is 1. The van der Waals surface area contributed by atoms with Crippen LogP contribution in [0.2, 0.25) is 0 Å². The van der Waals surface area contributed by atoms with Crippen LogP contribution >= 0.6 is 0 Å². The molecule has 0 aromatic heterocycles. The number of halogens is 1. The molecule has 4 fully saturated rings. The molecule has 4 rings (SSSR count). The molecule has 4 aliphatic rings. The van der Waals surface area contributed by atoms with Gasteiger partial charge in [0.25, 0.3) is 0 Å². The molecule has 7 N–H and O–H groups in total. The third-order valence-electron chi connectivity index (χ3n) is 8.86. The lowest BCUT2D eigenvalue weighted by Gasteiger charge is -2.48. The summed E-state index contributed by atoms with van der Waals surface area (Å²) in [6.07, 6.45) is 0.299. The number of primary amides is 2. The second kappa shape index (κ2) is 7.92. The van der Waals surface area contributed by atoms with Crippen LogP contribution in [0.15, 0.2) is 0 Å². The summed E-state index contributed by atoms with van der Waals surface area (Å²) in [7, 11) is 0. The summed E-state index contributed by atoms with van der Waals surface area (Å²) >= 11 is 0. The second-order valence-corrected chi connectivity index (χ2v) is 11.6. The summed E-state index contributed by atoms with van der Waals surface area (Å²) < 4.78 is 15.0. The maximum absolute atomic E-state index is 15.0. The maximum Gasteiger partial charge on any atom is 0.244 e. The molecule has 2 saturated heterocycles. The predicted molar refractivity (Wildman–Crippen MR) is 118 cm³/mol. The van der Waals surface area contributed by atoms with Crippen LogP contribution in [0.4, 0.5) is 4.39 Å². The van der Waals surface area contributed by atoms with Gasteiger partial charge in [-0.1, -0.05) is 20.8 Å². The van der Waals surface area contributed by atoms with Crippen molar-refractivity contribution in [2.75, 3.05) is 13.1 Å². The molecule has 9 nitrogen and oxygen atoms in total. The highest BCUT2D eigenvalue weighted by Crippen LogP contribution is 2.63. The highest BCUT2D eigenvalue weighted by Gasteiger charge is 2.72. The van der Waals surface area contributed by atoms with Crippen molar-refractivity contribution in [1.82, 2.24) is 10.2 Å². The zero-order valence-corrected chi connectivity index (χ0v) is 19.6. The number of nitrogens with one attached hydrogen (secondary N) is 1. The van der Waals surface area contributed by atoms with Gasteiger partial charge in [0.05, 0.1) is 12.0 Å². The van der Waals surface area contributed by atoms with Gasteiger partial charge < -0.3 is 27.4 Å². The van der Waals surface area contributed by atoms with Crippen LogP contribution in [0.1, 0.15) is 46.5 Å². The predicted octanol–water partition coefficient (Wildman–Crippen LogP) is -0.336. The summed E-state index contributed by atoms with van der Waals surface area (Å²) in [6.45, 7) is 6.08. The molecule has 0 radical (unpaired) electrons. The first-order valence-corrected chi connectivity index (χ1v) is 11.9. The SMILES string of the molecule is CC(C)(C)[C@H](N)C(=O)N1CC2C3CC(F)C(C3)C2C1(C(N)=O)[C@H](C[C@H]1CCNC1=O)C(N)=O. The Morgan fingerprint density at radius 1 is 1.21 bits per heavy atom. The third kappa shape index (κ3) is 3.43. The largest absolute Gasteiger partial charge is 0.369 e. The van der Waals surface area contributed by atoms with E-state index in [9.17, 15) is 19.2 Å². The van der Waals surface area contributed by atoms with E-state index in [0.29, 0.717) is 25.8 Å². The van der Waals surface area contributed by atoms with Crippen LogP contribution in [-0.4, -0.2) is 59.4 Å². The minimum absolute atomic E-state index is 0.000641. The highest BCUT2D eigenvalue weighted by molar-refractivity contribution is 5.98. The Labute approximate surface area is 193 Å². The van der Waals surface area contributed by atoms with Crippen molar-refractivity contribution >= 4 is 23.6 Å². The summed E-state index contributed by atoms with van der Waals surface area (Å²) in [5.41, 5.74) is 15.8. The topological polar surface area (TPSA) is 162 Å². The number of hydrogen-bond acceptors (Lipinski definition) is 5. The van der Waals surface area contributed by atoms with E-state index in [2.05, 4.69) is 5.32 Å². The van der Waals surface area contributed by atoms with Gasteiger partial charge in [0.15, 0.2) is 0 Å². The van der Waals surface area contributed by atoms with E-state index in [0.717, 1.165) is 0 Å². The number of amides is 4. The van der Waals surface area contributed by atoms with Gasteiger partial charge in [-0.05, 0) is 48.9 Å². The molecular weight excluding hydrogens is 429 g/mol. The molecule has 0 aromatic carbocycles. The minimum Gasteiger partial charge on any atom is -0.369 e. The fourth-order valence-corrected chi connectivity index (χ4v) is 7.21. The van der Waals surface area contributed by atoms with Crippen LogP contribution in [0.25, 0.3) is 0 Å². The second-order valence-electron chi connectivity index (χ2n) is 11.6. The first kappa shape index (κ1) is 23.9. The van der Waals surface area contributed by atoms with Gasteiger partial charge >= 0.3 is 0 Å². The van der Waals surface area contributed by atoms with Crippen molar-refractivity contribution in [3.8, 4) is 0 Å². The van der Waals surface area contributed by atoms with Crippen LogP contribution in [0.5, 0.6) is 0 Å². The minimum atomic E-state index is -1.80. The van der Waals surface area contributed by atoms with Gasteiger partial charge in [-0.25, -0.2) is 4.39 Å². The smallest absolute Gasteiger partial charge is 0.244 e. The van der Waals surface area contributed by atoms with Crippen molar-refractivity contribution in [3.05, 3.63) is 0 Å². The first-order valence-electron chi connectivity index (χ1n) is 11.9. The van der Waals surface area contributed by atoms with Gasteiger partial charge in [0.1, 0.15) is 11.7 Å². The molecule has 4 amide bonds. The number of rotatable bonds is 6. The normalized spacial score (nSPS) is 39.3. The van der Waals surface area contributed by atoms with E-state index in [1.807, 2.05) is 20.8 Å². The summed E-state index contributed by atoms with van der Waals surface area (Å²) in [6, 6.07) is -0.961. The van der Waals surface area contributed by atoms with E-state index in [-0.39, 0.29) is 30.7 Å². The lowest BCUT2D eigenvalue weighted by molar-refractivity contribution is -0.157. The molecule has 2 saturated carbocycles. The van der Waals surface area contributed by atoms with Crippen LogP contribution in [0.3, 0.4) is 0 Å². The van der Waals surface area contributed by atoms with E-state index < -0.39 is 64.6 Å². The third-order valence-corrected chi connectivity index (χ3v) is 8.86. The van der Waals surface area contributed by atoms with E-state index in [1.54, 1.807) is 0 Å². The molecular formula is C23H36FN5O4. The van der Waals surface area contributed by atoms with Crippen LogP contribution in [0, 0.1) is 40.9 Å². The van der Waals surface area contributed by atoms with Gasteiger partial charge in [-0.2, -0.15) is 0 Å². The van der Waals surface area contributed by atoms with Crippen LogP contribution < -0.4 is 22.5 Å². The number of alkyl halides is 1. The lowest BCUT2D eigenvalue weighted by atomic mass is 9.63. The molecule has 0 aromatic rings. The fraction of sp³-hybridized carbons (Fsp3) is 0.826. The van der Waals surface area contributed by atoms with E-state index in [4.69, 9.17) is 17.2 Å². The first-order chi connectivity index (χ1) is 15.3. The fourth-order valence-electron chi connectivity index (χ4n) is 7.21. The Hall–Kier alpha value is -2.23. The van der Waals surface area contributed by atoms with Crippen molar-refractivity contribution in [3.63, 3.8) is 0 Å². The Balaban J connectivity index is 1.85. The monoisotopic (exact) mass is 465 g/mol. The lowest BCUT2D eigenvalue weighted by Crippen LogP contribution is -2.69. The molecule has 2 bridgehead atoms. The zero-order valence-electron chi connectivity index (χ0n) is 19.6. The number of carbonyl (C=O) groups excluding carboxylic acids is 4. The number of carbonyl (C=O) groups is 4. The molecule has 10 heteroatoms. The molecule has 9 atom stereocenters. The molecule has 2 heterocycles. The molecule has 6 unspecified atom stereocenters. The highest BCUT2D eigenvalue weighted by atomic mass is 19.1. The molecule has 33 heavy (non-hydrogen) atoms. The van der Waals surface area contributed by atoms with Gasteiger partial charge in [0.2, 0.25) is 23.6 Å². The summed E-state index contributed by atoms with van der Waals surface area (Å²) in [5.74, 6) is -5.42. The van der Waals surface area contributed by atoms with Crippen molar-refractivity contribution in [2.24, 2.45) is 58.1 Å². The van der Waals surface area contributed by atoms with E-state index in [1.165, 1.54) is 4.90 Å². The Bertz CT molecular complexity index is 875. The number of hydrogen-bond donors (Lipinski definition) is 4. The number of nitrogens with zero attached hydrogens (tertiary/aromatic N) is 1. The quantitative estimate of drug-likeness (QED) is 0.421. The average Bonchev–Trinajstić information content (AvgIpc) is 3.45. The average molecular weight is 466 g/mol. The van der Waals surface area contributed by atoms with Gasteiger partial charge in [0, 0.05) is 24.9 Å². The number of nitrogens with two attached hydrogens (primary N) is 3. The van der Waals surface area contributed by atoms with Gasteiger partial charge in [-0.3, -0.25) is 19.2 Å². The maximum atomic E-state index is 15.0. The standard InChI is InChI=1S/C23H36FN5O4/c1-22(2,3)17(25)20(32)29-9-13-11-6-12(15(24)8-11)16(13)23(29,21(27)33)14(18(26)30)7-10-4-5-28-19(10)31/h10-17H,4-9,25H2,1-3H3,(H2,26,30)(H2,27,33)(H,28,31)/t10-,11?,12?,13?,14-,15?,16?,17-,23?/m1/s1. The Kier molecular flexibility index (Phi) is 5.74. The molecule has 0 spiro atoms. The van der Waals surface area contributed by atoms with Crippen molar-refractivity contribution in [2.45, 2.75) is 64.2 Å². The van der Waals surface area contributed by atoms with Crippen molar-refractivity contribution in [1.29, 1.82) is 0 Å². The van der Waals surface area contributed by atoms with Gasteiger partial charge in [-0.15, -0.1) is 0 Å². The van der Waals surface area contributed by atoms with E-state index >= 15 is 4.39 Å². The molecule has 184 valence electrons. The Morgan fingerprint density at radius 3 is 2.39 bits per heavy atom. The Morgan fingerprint density at radius 2 is 1.88 bits per heavy atom. The summed E-state index contributed by atoms with van der Waals surface area (Å²) in [5, 5.41) is 2.73. The van der Waals surface area contributed by atoms with Crippen LogP contribution in [-0.2, 0) is 19.2 Å². The zero-order chi connectivity index (χ0) is 24.5. The summed E-state index contributed by atoms with van der Waals surface area (Å²) in [4.78, 5) is 53.8. The molecule has 2 aliphatic heterocycles. The molecule has 2 aliphatic carbocycles.